The molecule has 2 aromatic rings. The fraction of sp³-hybridized carbons (Fsp3) is 0.500. The molecule has 1 aromatic carbocycles. The van der Waals surface area contributed by atoms with E-state index in [9.17, 15) is 0 Å². The highest BCUT2D eigenvalue weighted by molar-refractivity contribution is 5.48. The molecule has 0 saturated carbocycles. The summed E-state index contributed by atoms with van der Waals surface area (Å²) in [6.07, 6.45) is 3.07. The average Bonchev–Trinajstić information content (AvgIpc) is 3.35. The minimum atomic E-state index is 0.0588. The average molecular weight is 354 g/mol. The fourth-order valence-corrected chi connectivity index (χ4v) is 3.85. The van der Waals surface area contributed by atoms with Crippen LogP contribution in [-0.4, -0.2) is 54.5 Å². The molecule has 1 fully saturated rings. The van der Waals surface area contributed by atoms with E-state index in [1.807, 2.05) is 0 Å². The second-order valence-electron chi connectivity index (χ2n) is 7.13. The van der Waals surface area contributed by atoms with Gasteiger partial charge >= 0.3 is 0 Å². The Morgan fingerprint density at radius 2 is 2.00 bits per heavy atom. The molecular formula is C20H26N4O2. The lowest BCUT2D eigenvalue weighted by molar-refractivity contribution is 0.193. The number of anilines is 2. The van der Waals surface area contributed by atoms with E-state index in [4.69, 9.17) is 14.8 Å². The van der Waals surface area contributed by atoms with E-state index in [-0.39, 0.29) is 6.61 Å². The first-order valence-corrected chi connectivity index (χ1v) is 9.35. The van der Waals surface area contributed by atoms with Gasteiger partial charge in [-0.3, -0.25) is 0 Å². The van der Waals surface area contributed by atoms with Crippen molar-refractivity contribution in [2.24, 2.45) is 0 Å². The number of likely N-dealkylation sites (N-methyl/N-ethyl adjacent to an activating group) is 1. The molecule has 2 heterocycles. The lowest BCUT2D eigenvalue weighted by atomic mass is 10.0. The first-order valence-electron chi connectivity index (χ1n) is 9.35. The van der Waals surface area contributed by atoms with Gasteiger partial charge < -0.3 is 20.1 Å². The molecule has 2 aliphatic rings. The molecule has 0 amide bonds. The molecule has 1 aliphatic heterocycles. The third-order valence-electron chi connectivity index (χ3n) is 5.41. The van der Waals surface area contributed by atoms with Gasteiger partial charge in [0, 0.05) is 38.2 Å². The number of ether oxygens (including phenoxy) is 1. The van der Waals surface area contributed by atoms with Crippen LogP contribution in [0.1, 0.15) is 29.2 Å². The summed E-state index contributed by atoms with van der Waals surface area (Å²) in [7, 11) is 2.11. The van der Waals surface area contributed by atoms with Gasteiger partial charge in [-0.2, -0.15) is 4.98 Å². The molecule has 138 valence electrons. The highest BCUT2D eigenvalue weighted by atomic mass is 16.5. The summed E-state index contributed by atoms with van der Waals surface area (Å²) >= 11 is 0. The molecule has 0 spiro atoms. The molecule has 0 radical (unpaired) electrons. The van der Waals surface area contributed by atoms with E-state index in [0.717, 1.165) is 37.4 Å². The summed E-state index contributed by atoms with van der Waals surface area (Å²) in [6, 6.07) is 11.2. The van der Waals surface area contributed by atoms with Crippen LogP contribution < -0.4 is 10.2 Å². The van der Waals surface area contributed by atoms with Crippen molar-refractivity contribution in [3.63, 3.8) is 0 Å². The van der Waals surface area contributed by atoms with Crippen LogP contribution in [0.2, 0.25) is 0 Å². The van der Waals surface area contributed by atoms with Crippen molar-refractivity contribution in [3.8, 4) is 0 Å². The Morgan fingerprint density at radius 3 is 2.65 bits per heavy atom. The molecule has 2 N–H and O–H groups in total. The first-order chi connectivity index (χ1) is 12.7. The summed E-state index contributed by atoms with van der Waals surface area (Å²) < 4.78 is 5.54. The maximum atomic E-state index is 9.11. The number of aliphatic hydroxyl groups is 1. The lowest BCUT2D eigenvalue weighted by Crippen LogP contribution is -2.33. The summed E-state index contributed by atoms with van der Waals surface area (Å²) in [5.74, 6) is 1.83. The van der Waals surface area contributed by atoms with E-state index < -0.39 is 0 Å². The zero-order valence-corrected chi connectivity index (χ0v) is 15.2. The van der Waals surface area contributed by atoms with Gasteiger partial charge in [0.1, 0.15) is 5.82 Å². The molecule has 26 heavy (non-hydrogen) atoms. The molecule has 1 aromatic heterocycles. The van der Waals surface area contributed by atoms with Gasteiger partial charge in [0.15, 0.2) is 0 Å². The van der Waals surface area contributed by atoms with Crippen molar-refractivity contribution in [1.82, 2.24) is 9.97 Å². The minimum absolute atomic E-state index is 0.0588. The third kappa shape index (κ3) is 3.52. The van der Waals surface area contributed by atoms with Gasteiger partial charge in [-0.1, -0.05) is 24.3 Å². The highest BCUT2D eigenvalue weighted by Gasteiger charge is 2.27. The summed E-state index contributed by atoms with van der Waals surface area (Å²) in [6.45, 7) is 2.01. The van der Waals surface area contributed by atoms with Gasteiger partial charge in [0.25, 0.3) is 0 Å². The molecule has 6 heteroatoms. The van der Waals surface area contributed by atoms with Crippen LogP contribution in [-0.2, 0) is 17.6 Å². The second kappa shape index (κ2) is 7.60. The summed E-state index contributed by atoms with van der Waals surface area (Å²) in [5.41, 5.74) is 3.89. The Bertz CT molecular complexity index is 736. The Morgan fingerprint density at radius 1 is 1.23 bits per heavy atom. The maximum absolute atomic E-state index is 9.11. The number of hydrogen-bond acceptors (Lipinski definition) is 6. The molecule has 0 bridgehead atoms. The van der Waals surface area contributed by atoms with Gasteiger partial charge in [-0.05, 0) is 30.4 Å². The van der Waals surface area contributed by atoms with Crippen LogP contribution in [0.4, 0.5) is 11.8 Å². The fourth-order valence-electron chi connectivity index (χ4n) is 3.85. The van der Waals surface area contributed by atoms with E-state index >= 15 is 0 Å². The zero-order valence-electron chi connectivity index (χ0n) is 15.2. The van der Waals surface area contributed by atoms with Crippen molar-refractivity contribution in [2.75, 3.05) is 43.6 Å². The molecule has 1 saturated heterocycles. The molecular weight excluding hydrogens is 328 g/mol. The Kier molecular flexibility index (Phi) is 5.04. The van der Waals surface area contributed by atoms with Gasteiger partial charge in [0.05, 0.1) is 18.9 Å². The van der Waals surface area contributed by atoms with Crippen LogP contribution in [0, 0.1) is 0 Å². The monoisotopic (exact) mass is 354 g/mol. The van der Waals surface area contributed by atoms with E-state index in [2.05, 4.69) is 52.6 Å². The predicted octanol–water partition coefficient (Wildman–Crippen LogP) is 1.99. The van der Waals surface area contributed by atoms with Crippen LogP contribution in [0.25, 0.3) is 0 Å². The largest absolute Gasteiger partial charge is 0.395 e. The predicted molar refractivity (Wildman–Crippen MR) is 102 cm³/mol. The molecule has 4 rings (SSSR count). The molecule has 1 atom stereocenters. The number of nitrogens with one attached hydrogen (secondary N) is 1. The van der Waals surface area contributed by atoms with E-state index in [1.165, 1.54) is 11.1 Å². The topological polar surface area (TPSA) is 70.5 Å². The normalized spacial score (nSPS) is 19.5. The number of nitrogens with zero attached hydrogens (tertiary/aromatic N) is 3. The van der Waals surface area contributed by atoms with Crippen molar-refractivity contribution in [3.05, 3.63) is 47.2 Å². The molecule has 1 unspecified atom stereocenters. The smallest absolute Gasteiger partial charge is 0.224 e. The molecule has 1 aliphatic carbocycles. The first kappa shape index (κ1) is 17.2. The maximum Gasteiger partial charge on any atom is 0.224 e. The standard InChI is InChI=1S/C20H26N4O2/c1-24(17-10-14-4-2-3-5-15(14)11-17)19-12-18(16-6-9-26-13-16)22-20(23-19)21-7-8-25/h2-5,12,16-17,25H,6-11,13H2,1H3,(H,21,22,23). The van der Waals surface area contributed by atoms with Crippen LogP contribution >= 0.6 is 0 Å². The van der Waals surface area contributed by atoms with Crippen molar-refractivity contribution in [2.45, 2.75) is 31.2 Å². The number of benzene rings is 1. The lowest BCUT2D eigenvalue weighted by Gasteiger charge is -2.26. The van der Waals surface area contributed by atoms with Crippen molar-refractivity contribution in [1.29, 1.82) is 0 Å². The Hall–Kier alpha value is -2.18. The second-order valence-corrected chi connectivity index (χ2v) is 7.13. The van der Waals surface area contributed by atoms with Crippen LogP contribution in [0.15, 0.2) is 30.3 Å². The van der Waals surface area contributed by atoms with Gasteiger partial charge in [-0.15, -0.1) is 0 Å². The van der Waals surface area contributed by atoms with E-state index in [1.54, 1.807) is 0 Å². The number of hydrogen-bond donors (Lipinski definition) is 2. The number of rotatable bonds is 6. The SMILES string of the molecule is CN(c1cc(C2CCOC2)nc(NCCO)n1)C1Cc2ccccc2C1. The Labute approximate surface area is 154 Å². The Balaban J connectivity index is 1.59. The van der Waals surface area contributed by atoms with Crippen molar-refractivity contribution >= 4 is 11.8 Å². The zero-order chi connectivity index (χ0) is 17.9. The van der Waals surface area contributed by atoms with Gasteiger partial charge in [-0.25, -0.2) is 4.98 Å². The van der Waals surface area contributed by atoms with Crippen LogP contribution in [0.5, 0.6) is 0 Å². The third-order valence-corrected chi connectivity index (χ3v) is 5.41. The number of aliphatic hydroxyl groups excluding tert-OH is 1. The van der Waals surface area contributed by atoms with E-state index in [0.29, 0.717) is 31.1 Å². The van der Waals surface area contributed by atoms with Gasteiger partial charge in [0.2, 0.25) is 5.95 Å². The summed E-state index contributed by atoms with van der Waals surface area (Å²) in [5, 5.41) is 12.2. The number of aromatic nitrogens is 2. The highest BCUT2D eigenvalue weighted by Crippen LogP contribution is 2.30. The minimum Gasteiger partial charge on any atom is -0.395 e. The molecule has 6 nitrogen and oxygen atoms in total. The van der Waals surface area contributed by atoms with Crippen LogP contribution in [0.3, 0.4) is 0 Å². The quantitative estimate of drug-likeness (QED) is 0.827. The van der Waals surface area contributed by atoms with Crippen molar-refractivity contribution < 1.29 is 9.84 Å². The number of fused-ring (bicyclic) bond motifs is 1. The summed E-state index contributed by atoms with van der Waals surface area (Å²) in [4.78, 5) is 11.6.